The molecule has 0 bridgehead atoms. The lowest BCUT2D eigenvalue weighted by Crippen LogP contribution is -2.45. The molecule has 0 radical (unpaired) electrons. The van der Waals surface area contributed by atoms with E-state index in [1.165, 1.54) is 12.3 Å². The highest BCUT2D eigenvalue weighted by Crippen LogP contribution is 2.24. The van der Waals surface area contributed by atoms with Crippen LogP contribution in [-0.4, -0.2) is 61.8 Å². The van der Waals surface area contributed by atoms with Crippen molar-refractivity contribution in [3.63, 3.8) is 0 Å². The van der Waals surface area contributed by atoms with Crippen molar-refractivity contribution < 1.29 is 23.6 Å². The van der Waals surface area contributed by atoms with Gasteiger partial charge in [0, 0.05) is 25.7 Å². The average Bonchev–Trinajstić information content (AvgIpc) is 3.22. The maximum absolute atomic E-state index is 12.2. The fraction of sp³-hybridized carbons (Fsp3) is 0.389. The second kappa shape index (κ2) is 9.15. The summed E-state index contributed by atoms with van der Waals surface area (Å²) in [5.41, 5.74) is 0.994. The van der Waals surface area contributed by atoms with E-state index < -0.39 is 11.8 Å². The maximum atomic E-state index is 12.2. The molecule has 1 aliphatic heterocycles. The van der Waals surface area contributed by atoms with Crippen molar-refractivity contribution in [1.82, 2.24) is 15.4 Å². The summed E-state index contributed by atoms with van der Waals surface area (Å²) < 4.78 is 15.3. The molecule has 144 valence electrons. The first kappa shape index (κ1) is 18.9. The zero-order valence-corrected chi connectivity index (χ0v) is 15.0. The third kappa shape index (κ3) is 5.05. The first-order valence-corrected chi connectivity index (χ1v) is 8.62. The molecule has 1 aromatic heterocycles. The normalized spacial score (nSPS) is 15.7. The lowest BCUT2D eigenvalue weighted by atomic mass is 10.0. The molecule has 0 spiro atoms. The van der Waals surface area contributed by atoms with Crippen molar-refractivity contribution in [2.75, 3.05) is 45.3 Å². The van der Waals surface area contributed by atoms with Crippen LogP contribution in [0.5, 0.6) is 5.75 Å². The van der Waals surface area contributed by atoms with Crippen LogP contribution in [-0.2, 0) is 14.3 Å². The molecule has 1 aliphatic rings. The highest BCUT2D eigenvalue weighted by Gasteiger charge is 2.25. The van der Waals surface area contributed by atoms with Crippen molar-refractivity contribution in [1.29, 1.82) is 0 Å². The number of methoxy groups -OCH3 is 1. The Labute approximate surface area is 156 Å². The SMILES string of the molecule is COc1cccc([C@@H](CNC(=O)C(=O)Nc2ccon2)N2CCOCC2)c1. The Hall–Kier alpha value is -2.91. The highest BCUT2D eigenvalue weighted by atomic mass is 16.5. The van der Waals surface area contributed by atoms with Gasteiger partial charge in [0.25, 0.3) is 0 Å². The number of nitrogens with one attached hydrogen (secondary N) is 2. The molecular weight excluding hydrogens is 352 g/mol. The van der Waals surface area contributed by atoms with E-state index in [-0.39, 0.29) is 18.4 Å². The number of aromatic nitrogens is 1. The van der Waals surface area contributed by atoms with Crippen LogP contribution in [0.3, 0.4) is 0 Å². The molecule has 2 N–H and O–H groups in total. The third-order valence-corrected chi connectivity index (χ3v) is 4.31. The summed E-state index contributed by atoms with van der Waals surface area (Å²) in [5.74, 6) is -0.608. The molecule has 0 unspecified atom stereocenters. The number of carbonyl (C=O) groups is 2. The number of benzene rings is 1. The predicted molar refractivity (Wildman–Crippen MR) is 96.3 cm³/mol. The van der Waals surface area contributed by atoms with Crippen molar-refractivity contribution >= 4 is 17.6 Å². The van der Waals surface area contributed by atoms with Gasteiger partial charge in [-0.2, -0.15) is 0 Å². The van der Waals surface area contributed by atoms with Gasteiger partial charge < -0.3 is 19.3 Å². The molecule has 0 aliphatic carbocycles. The van der Waals surface area contributed by atoms with Gasteiger partial charge in [-0.1, -0.05) is 17.3 Å². The van der Waals surface area contributed by atoms with Gasteiger partial charge in [0.2, 0.25) is 0 Å². The fourth-order valence-corrected chi connectivity index (χ4v) is 2.92. The molecule has 2 aromatic rings. The smallest absolute Gasteiger partial charge is 0.314 e. The number of ether oxygens (including phenoxy) is 2. The van der Waals surface area contributed by atoms with Crippen molar-refractivity contribution in [3.8, 4) is 5.75 Å². The largest absolute Gasteiger partial charge is 0.497 e. The quantitative estimate of drug-likeness (QED) is 0.721. The van der Waals surface area contributed by atoms with E-state index in [1.807, 2.05) is 24.3 Å². The van der Waals surface area contributed by atoms with Gasteiger partial charge in [-0.15, -0.1) is 0 Å². The minimum Gasteiger partial charge on any atom is -0.497 e. The predicted octanol–water partition coefficient (Wildman–Crippen LogP) is 0.811. The molecular formula is C18H22N4O5. The van der Waals surface area contributed by atoms with Gasteiger partial charge in [0.05, 0.1) is 26.4 Å². The Morgan fingerprint density at radius 2 is 2.07 bits per heavy atom. The lowest BCUT2D eigenvalue weighted by molar-refractivity contribution is -0.136. The number of amides is 2. The number of carbonyl (C=O) groups excluding carboxylic acids is 2. The molecule has 9 nitrogen and oxygen atoms in total. The van der Waals surface area contributed by atoms with Crippen LogP contribution in [0.15, 0.2) is 41.1 Å². The van der Waals surface area contributed by atoms with Gasteiger partial charge in [-0.05, 0) is 17.7 Å². The van der Waals surface area contributed by atoms with Crippen LogP contribution >= 0.6 is 0 Å². The Morgan fingerprint density at radius 3 is 2.78 bits per heavy atom. The van der Waals surface area contributed by atoms with E-state index >= 15 is 0 Å². The summed E-state index contributed by atoms with van der Waals surface area (Å²) >= 11 is 0. The van der Waals surface area contributed by atoms with Gasteiger partial charge in [-0.25, -0.2) is 0 Å². The molecule has 1 aromatic carbocycles. The molecule has 1 atom stereocenters. The van der Waals surface area contributed by atoms with E-state index in [0.717, 1.165) is 24.4 Å². The minimum atomic E-state index is -0.796. The van der Waals surface area contributed by atoms with E-state index in [1.54, 1.807) is 7.11 Å². The summed E-state index contributed by atoms with van der Waals surface area (Å²) in [5, 5.41) is 8.62. The molecule has 1 saturated heterocycles. The zero-order chi connectivity index (χ0) is 19.1. The molecule has 2 amide bonds. The Bertz CT molecular complexity index is 759. The van der Waals surface area contributed by atoms with Gasteiger partial charge in [-0.3, -0.25) is 19.8 Å². The van der Waals surface area contributed by atoms with Crippen molar-refractivity contribution in [2.45, 2.75) is 6.04 Å². The first-order valence-electron chi connectivity index (χ1n) is 8.62. The van der Waals surface area contributed by atoms with Crippen LogP contribution in [0.4, 0.5) is 5.82 Å². The number of anilines is 1. The lowest BCUT2D eigenvalue weighted by Gasteiger charge is -2.35. The fourth-order valence-electron chi connectivity index (χ4n) is 2.92. The van der Waals surface area contributed by atoms with Gasteiger partial charge in [0.1, 0.15) is 12.0 Å². The standard InChI is InChI=1S/C18H22N4O5/c1-25-14-4-2-3-13(11-14)15(22-6-9-26-10-7-22)12-19-17(23)18(24)20-16-5-8-27-21-16/h2-5,8,11,15H,6-7,9-10,12H2,1H3,(H,19,23)(H,20,21,24)/t15-/m1/s1. The van der Waals surface area contributed by atoms with Crippen LogP contribution in [0.1, 0.15) is 11.6 Å². The number of rotatable bonds is 6. The van der Waals surface area contributed by atoms with E-state index in [2.05, 4.69) is 25.2 Å². The Morgan fingerprint density at radius 1 is 1.26 bits per heavy atom. The molecule has 0 saturated carbocycles. The Kier molecular flexibility index (Phi) is 6.39. The highest BCUT2D eigenvalue weighted by molar-refractivity contribution is 6.39. The minimum absolute atomic E-state index is 0.104. The average molecular weight is 374 g/mol. The Balaban J connectivity index is 1.67. The number of nitrogens with zero attached hydrogens (tertiary/aromatic N) is 2. The number of hydrogen-bond acceptors (Lipinski definition) is 7. The zero-order valence-electron chi connectivity index (χ0n) is 15.0. The van der Waals surface area contributed by atoms with Crippen LogP contribution < -0.4 is 15.4 Å². The van der Waals surface area contributed by atoms with Gasteiger partial charge >= 0.3 is 11.8 Å². The molecule has 3 rings (SSSR count). The van der Waals surface area contributed by atoms with E-state index in [0.29, 0.717) is 13.2 Å². The van der Waals surface area contributed by atoms with E-state index in [9.17, 15) is 9.59 Å². The van der Waals surface area contributed by atoms with Crippen LogP contribution in [0, 0.1) is 0 Å². The second-order valence-electron chi connectivity index (χ2n) is 5.99. The maximum Gasteiger partial charge on any atom is 0.314 e. The first-order chi connectivity index (χ1) is 13.2. The van der Waals surface area contributed by atoms with Crippen LogP contribution in [0.2, 0.25) is 0 Å². The third-order valence-electron chi connectivity index (χ3n) is 4.31. The summed E-state index contributed by atoms with van der Waals surface area (Å²) in [6.07, 6.45) is 1.31. The monoisotopic (exact) mass is 374 g/mol. The second-order valence-corrected chi connectivity index (χ2v) is 5.99. The molecule has 9 heteroatoms. The van der Waals surface area contributed by atoms with E-state index in [4.69, 9.17) is 9.47 Å². The van der Waals surface area contributed by atoms with Crippen LogP contribution in [0.25, 0.3) is 0 Å². The molecule has 27 heavy (non-hydrogen) atoms. The van der Waals surface area contributed by atoms with Gasteiger partial charge in [0.15, 0.2) is 5.82 Å². The summed E-state index contributed by atoms with van der Waals surface area (Å²) in [6, 6.07) is 9.03. The summed E-state index contributed by atoms with van der Waals surface area (Å²) in [4.78, 5) is 26.4. The number of hydrogen-bond donors (Lipinski definition) is 2. The topological polar surface area (TPSA) is 106 Å². The summed E-state index contributed by atoms with van der Waals surface area (Å²) in [7, 11) is 1.61. The molecule has 1 fully saturated rings. The summed E-state index contributed by atoms with van der Waals surface area (Å²) in [6.45, 7) is 3.01. The number of morpholine rings is 1. The van der Waals surface area contributed by atoms with Crippen molar-refractivity contribution in [3.05, 3.63) is 42.2 Å². The molecule has 2 heterocycles. The van der Waals surface area contributed by atoms with Crippen molar-refractivity contribution in [2.24, 2.45) is 0 Å².